The average Bonchev–Trinajstić information content (AvgIpc) is 2.89. The molecule has 18 heavy (non-hydrogen) atoms. The van der Waals surface area contributed by atoms with E-state index in [4.69, 9.17) is 0 Å². The Hall–Kier alpha value is -2.00. The first-order chi connectivity index (χ1) is 8.92. The van der Waals surface area contributed by atoms with Crippen LogP contribution in [-0.4, -0.2) is 9.97 Å². The molecule has 0 aliphatic rings. The number of aromatic nitrogens is 2. The number of hydrogen-bond donors (Lipinski definition) is 0. The van der Waals surface area contributed by atoms with Gasteiger partial charge in [-0.3, -0.25) is 4.98 Å². The van der Waals surface area contributed by atoms with Crippen LogP contribution in [-0.2, 0) is 6.42 Å². The molecule has 0 atom stereocenters. The van der Waals surface area contributed by atoms with Gasteiger partial charge in [0.15, 0.2) is 0 Å². The second-order valence-electron chi connectivity index (χ2n) is 4.03. The van der Waals surface area contributed by atoms with E-state index in [-0.39, 0.29) is 0 Å². The molecule has 0 saturated heterocycles. The number of hydrogen-bond acceptors (Lipinski definition) is 3. The van der Waals surface area contributed by atoms with Gasteiger partial charge in [0, 0.05) is 35.5 Å². The highest BCUT2D eigenvalue weighted by atomic mass is 32.1. The Kier molecular flexibility index (Phi) is 3.15. The van der Waals surface area contributed by atoms with E-state index in [1.54, 1.807) is 23.7 Å². The molecule has 2 heterocycles. The predicted molar refractivity (Wildman–Crippen MR) is 74.6 cm³/mol. The fraction of sp³-hybridized carbons (Fsp3) is 0.0667. The van der Waals surface area contributed by atoms with Gasteiger partial charge in [0.1, 0.15) is 5.01 Å². The Bertz CT molecular complexity index is 617. The van der Waals surface area contributed by atoms with Gasteiger partial charge in [0.05, 0.1) is 0 Å². The third-order valence-electron chi connectivity index (χ3n) is 2.70. The first-order valence-corrected chi connectivity index (χ1v) is 6.62. The van der Waals surface area contributed by atoms with Crippen molar-refractivity contribution in [3.8, 4) is 10.6 Å². The maximum atomic E-state index is 4.47. The molecule has 0 fully saturated rings. The molecular formula is C15H12N2S. The maximum absolute atomic E-state index is 4.47. The number of rotatable bonds is 3. The summed E-state index contributed by atoms with van der Waals surface area (Å²) in [5.41, 5.74) is 2.46. The highest BCUT2D eigenvalue weighted by molar-refractivity contribution is 7.15. The lowest BCUT2D eigenvalue weighted by molar-refractivity contribution is 1.22. The molecule has 0 aliphatic carbocycles. The highest BCUT2D eigenvalue weighted by Gasteiger charge is 2.04. The van der Waals surface area contributed by atoms with E-state index >= 15 is 0 Å². The van der Waals surface area contributed by atoms with Crippen LogP contribution in [0.4, 0.5) is 0 Å². The van der Waals surface area contributed by atoms with Gasteiger partial charge in [-0.15, -0.1) is 11.3 Å². The summed E-state index contributed by atoms with van der Waals surface area (Å²) in [7, 11) is 0. The van der Waals surface area contributed by atoms with E-state index < -0.39 is 0 Å². The quantitative estimate of drug-likeness (QED) is 0.708. The molecule has 88 valence electrons. The molecule has 3 heteroatoms. The molecule has 0 saturated carbocycles. The van der Waals surface area contributed by atoms with Crippen molar-refractivity contribution in [3.63, 3.8) is 0 Å². The smallest absolute Gasteiger partial charge is 0.123 e. The average molecular weight is 252 g/mol. The summed E-state index contributed by atoms with van der Waals surface area (Å²) >= 11 is 1.74. The van der Waals surface area contributed by atoms with Crippen LogP contribution in [0.3, 0.4) is 0 Å². The molecule has 0 radical (unpaired) electrons. The van der Waals surface area contributed by atoms with Gasteiger partial charge in [-0.25, -0.2) is 4.98 Å². The summed E-state index contributed by atoms with van der Waals surface area (Å²) in [6, 6.07) is 14.5. The minimum absolute atomic E-state index is 0.948. The van der Waals surface area contributed by atoms with Crippen LogP contribution in [0.1, 0.15) is 10.4 Å². The molecule has 0 aliphatic heterocycles. The molecule has 3 rings (SSSR count). The van der Waals surface area contributed by atoms with E-state index in [1.165, 1.54) is 10.4 Å². The zero-order valence-electron chi connectivity index (χ0n) is 9.78. The molecule has 3 aromatic rings. The van der Waals surface area contributed by atoms with Crippen molar-refractivity contribution in [2.75, 3.05) is 0 Å². The Labute approximate surface area is 110 Å². The topological polar surface area (TPSA) is 25.8 Å². The van der Waals surface area contributed by atoms with Gasteiger partial charge >= 0.3 is 0 Å². The van der Waals surface area contributed by atoms with Gasteiger partial charge in [-0.05, 0) is 17.7 Å². The Morgan fingerprint density at radius 3 is 2.50 bits per heavy atom. The lowest BCUT2D eigenvalue weighted by Crippen LogP contribution is -1.82. The van der Waals surface area contributed by atoms with E-state index in [1.807, 2.05) is 24.4 Å². The summed E-state index contributed by atoms with van der Waals surface area (Å²) in [5, 5.41) is 1.06. The first kappa shape index (κ1) is 11.1. The van der Waals surface area contributed by atoms with Crippen LogP contribution in [0.2, 0.25) is 0 Å². The van der Waals surface area contributed by atoms with E-state index in [0.29, 0.717) is 0 Å². The summed E-state index contributed by atoms with van der Waals surface area (Å²) in [4.78, 5) is 9.78. The van der Waals surface area contributed by atoms with Crippen molar-refractivity contribution in [3.05, 3.63) is 71.5 Å². The Morgan fingerprint density at radius 2 is 1.72 bits per heavy atom. The summed E-state index contributed by atoms with van der Waals surface area (Å²) in [6.45, 7) is 0. The Balaban J connectivity index is 1.82. The van der Waals surface area contributed by atoms with E-state index in [2.05, 4.69) is 34.2 Å². The van der Waals surface area contributed by atoms with Crippen LogP contribution < -0.4 is 0 Å². The van der Waals surface area contributed by atoms with Crippen LogP contribution in [0.5, 0.6) is 0 Å². The van der Waals surface area contributed by atoms with Crippen LogP contribution in [0.15, 0.2) is 61.1 Å². The van der Waals surface area contributed by atoms with E-state index in [0.717, 1.165) is 17.0 Å². The SMILES string of the molecule is c1ccc(Cc2cnc(-c3ccncc3)s2)cc1. The van der Waals surface area contributed by atoms with Gasteiger partial charge in [0.2, 0.25) is 0 Å². The molecule has 0 unspecified atom stereocenters. The second-order valence-corrected chi connectivity index (χ2v) is 5.15. The van der Waals surface area contributed by atoms with E-state index in [9.17, 15) is 0 Å². The zero-order valence-corrected chi connectivity index (χ0v) is 10.6. The fourth-order valence-corrected chi connectivity index (χ4v) is 2.77. The number of pyridine rings is 1. The van der Waals surface area contributed by atoms with Crippen LogP contribution in [0, 0.1) is 0 Å². The number of thiazole rings is 1. The molecule has 0 amide bonds. The molecular weight excluding hydrogens is 240 g/mol. The van der Waals surface area contributed by atoms with Gasteiger partial charge in [-0.1, -0.05) is 30.3 Å². The van der Waals surface area contributed by atoms with Crippen LogP contribution in [0.25, 0.3) is 10.6 Å². The van der Waals surface area contributed by atoms with Crippen molar-refractivity contribution >= 4 is 11.3 Å². The first-order valence-electron chi connectivity index (χ1n) is 5.81. The molecule has 0 bridgehead atoms. The molecule has 2 aromatic heterocycles. The normalized spacial score (nSPS) is 10.4. The van der Waals surface area contributed by atoms with Gasteiger partial charge in [0.25, 0.3) is 0 Å². The monoisotopic (exact) mass is 252 g/mol. The molecule has 0 N–H and O–H groups in total. The lowest BCUT2D eigenvalue weighted by atomic mass is 10.1. The van der Waals surface area contributed by atoms with Crippen molar-refractivity contribution in [1.29, 1.82) is 0 Å². The number of nitrogens with zero attached hydrogens (tertiary/aromatic N) is 2. The molecule has 0 spiro atoms. The third-order valence-corrected chi connectivity index (χ3v) is 3.75. The fourth-order valence-electron chi connectivity index (χ4n) is 1.81. The van der Waals surface area contributed by atoms with Crippen molar-refractivity contribution in [2.45, 2.75) is 6.42 Å². The minimum atomic E-state index is 0.948. The number of benzene rings is 1. The lowest BCUT2D eigenvalue weighted by Gasteiger charge is -1.96. The third kappa shape index (κ3) is 2.46. The van der Waals surface area contributed by atoms with Gasteiger partial charge < -0.3 is 0 Å². The summed E-state index contributed by atoms with van der Waals surface area (Å²) in [6.07, 6.45) is 6.51. The largest absolute Gasteiger partial charge is 0.265 e. The van der Waals surface area contributed by atoms with Gasteiger partial charge in [-0.2, -0.15) is 0 Å². The standard InChI is InChI=1S/C15H12N2S/c1-2-4-12(5-3-1)10-14-11-17-15(18-14)13-6-8-16-9-7-13/h1-9,11H,10H2. The predicted octanol–water partition coefficient (Wildman–Crippen LogP) is 3.80. The summed E-state index contributed by atoms with van der Waals surface area (Å²) in [5.74, 6) is 0. The highest BCUT2D eigenvalue weighted by Crippen LogP contribution is 2.25. The van der Waals surface area contributed by atoms with Crippen molar-refractivity contribution in [1.82, 2.24) is 9.97 Å². The van der Waals surface area contributed by atoms with Crippen molar-refractivity contribution < 1.29 is 0 Å². The maximum Gasteiger partial charge on any atom is 0.123 e. The Morgan fingerprint density at radius 1 is 0.944 bits per heavy atom. The van der Waals surface area contributed by atoms with Crippen LogP contribution >= 0.6 is 11.3 Å². The second kappa shape index (κ2) is 5.10. The summed E-state index contributed by atoms with van der Waals surface area (Å²) < 4.78 is 0. The molecule has 1 aromatic carbocycles. The zero-order chi connectivity index (χ0) is 12.2. The minimum Gasteiger partial charge on any atom is -0.265 e. The molecule has 2 nitrogen and oxygen atoms in total. The van der Waals surface area contributed by atoms with Crippen molar-refractivity contribution in [2.24, 2.45) is 0 Å².